The third-order valence-corrected chi connectivity index (χ3v) is 4.55. The van der Waals surface area contributed by atoms with E-state index in [2.05, 4.69) is 0 Å². The average Bonchev–Trinajstić information content (AvgIpc) is 2.65. The molecule has 1 aromatic rings. The first-order chi connectivity index (χ1) is 9.77. The van der Waals surface area contributed by atoms with Gasteiger partial charge in [-0.05, 0) is 29.8 Å². The van der Waals surface area contributed by atoms with Gasteiger partial charge < -0.3 is 9.84 Å². The van der Waals surface area contributed by atoms with E-state index in [9.17, 15) is 22.7 Å². The summed E-state index contributed by atoms with van der Waals surface area (Å²) in [6, 6.07) is 2.56. The summed E-state index contributed by atoms with van der Waals surface area (Å²) in [5, 5.41) is 6.13. The molecule has 0 saturated carbocycles. The van der Waals surface area contributed by atoms with Crippen LogP contribution in [-0.2, 0) is 0 Å². The molecule has 2 nitrogen and oxygen atoms in total. The lowest BCUT2D eigenvalue weighted by molar-refractivity contribution is -0.0328. The molecule has 0 spiro atoms. The molecule has 118 valence electrons. The Morgan fingerprint density at radius 1 is 1.38 bits per heavy atom. The molecule has 2 atom stereocenters. The molecule has 0 amide bonds. The van der Waals surface area contributed by atoms with E-state index in [-0.39, 0.29) is 34.9 Å². The van der Waals surface area contributed by atoms with E-state index in [0.29, 0.717) is 0 Å². The van der Waals surface area contributed by atoms with Crippen molar-refractivity contribution in [3.8, 4) is 5.75 Å². The molecule has 0 aliphatic carbocycles. The van der Waals surface area contributed by atoms with Crippen LogP contribution in [0, 0.1) is 5.92 Å². The number of benzene rings is 1. The Kier molecular flexibility index (Phi) is 4.72. The van der Waals surface area contributed by atoms with Crippen molar-refractivity contribution in [2.24, 2.45) is 5.92 Å². The number of halogens is 4. The first-order valence-corrected chi connectivity index (χ1v) is 7.42. The number of thioether (sulfide) groups is 1. The highest BCUT2D eigenvalue weighted by Gasteiger charge is 2.50. The maximum Gasteiger partial charge on any atom is 0.327 e. The maximum absolute atomic E-state index is 13.5. The number of hydrogen-bond acceptors (Lipinski definition) is 3. The van der Waals surface area contributed by atoms with Crippen molar-refractivity contribution in [3.05, 3.63) is 23.3 Å². The van der Waals surface area contributed by atoms with Crippen molar-refractivity contribution >= 4 is 11.8 Å². The van der Waals surface area contributed by atoms with Gasteiger partial charge >= 0.3 is 5.25 Å². The van der Waals surface area contributed by atoms with Gasteiger partial charge in [-0.2, -0.15) is 8.78 Å². The average molecular weight is 324 g/mol. The summed E-state index contributed by atoms with van der Waals surface area (Å²) in [5.41, 5.74) is -1.05. The molecule has 0 fully saturated rings. The summed E-state index contributed by atoms with van der Waals surface area (Å²) in [4.78, 5) is -0.0290. The van der Waals surface area contributed by atoms with Crippen LogP contribution in [0.3, 0.4) is 0 Å². The molecule has 2 rings (SSSR count). The summed E-state index contributed by atoms with van der Waals surface area (Å²) < 4.78 is 58.9. The van der Waals surface area contributed by atoms with E-state index < -0.39 is 28.9 Å². The number of ether oxygens (including phenoxy) is 1. The molecule has 1 N–H and O–H groups in total. The van der Waals surface area contributed by atoms with Crippen LogP contribution < -0.4 is 4.74 Å². The second-order valence-corrected chi connectivity index (χ2v) is 6.27. The van der Waals surface area contributed by atoms with Crippen molar-refractivity contribution in [2.75, 3.05) is 6.61 Å². The molecular formula is C14H16F4O2S. The van der Waals surface area contributed by atoms with Crippen LogP contribution in [0.4, 0.5) is 17.6 Å². The van der Waals surface area contributed by atoms with Crippen LogP contribution in [0.25, 0.3) is 0 Å². The Balaban J connectivity index is 2.39. The second-order valence-electron chi connectivity index (χ2n) is 5.08. The van der Waals surface area contributed by atoms with Crippen LogP contribution in [0.5, 0.6) is 5.75 Å². The Labute approximate surface area is 124 Å². The van der Waals surface area contributed by atoms with E-state index in [1.165, 1.54) is 12.1 Å². The van der Waals surface area contributed by atoms with Gasteiger partial charge in [0, 0.05) is 10.5 Å². The van der Waals surface area contributed by atoms with Gasteiger partial charge in [-0.1, -0.05) is 20.3 Å². The largest absolute Gasteiger partial charge is 0.493 e. The van der Waals surface area contributed by atoms with Crippen LogP contribution in [0.2, 0.25) is 0 Å². The van der Waals surface area contributed by atoms with Gasteiger partial charge in [-0.15, -0.1) is 0 Å². The Hall–Kier alpha value is -0.950. The fourth-order valence-corrected chi connectivity index (χ4v) is 3.03. The molecule has 0 aromatic heterocycles. The lowest BCUT2D eigenvalue weighted by Crippen LogP contribution is -2.18. The van der Waals surface area contributed by atoms with Crippen LogP contribution >= 0.6 is 11.8 Å². The number of alkyl halides is 4. The minimum Gasteiger partial charge on any atom is -0.493 e. The van der Waals surface area contributed by atoms with Crippen molar-refractivity contribution in [3.63, 3.8) is 0 Å². The zero-order chi connectivity index (χ0) is 15.8. The summed E-state index contributed by atoms with van der Waals surface area (Å²) in [7, 11) is 0. The van der Waals surface area contributed by atoms with Crippen molar-refractivity contribution < 1.29 is 27.4 Å². The SMILES string of the molecule is CCC(C)COc1ccc2c(c1C(F)F)C(O)C(F)(F)S2. The number of rotatable bonds is 5. The zero-order valence-corrected chi connectivity index (χ0v) is 12.4. The monoisotopic (exact) mass is 324 g/mol. The van der Waals surface area contributed by atoms with Gasteiger partial charge in [-0.25, -0.2) is 8.78 Å². The highest BCUT2D eigenvalue weighted by molar-refractivity contribution is 8.00. The highest BCUT2D eigenvalue weighted by atomic mass is 32.2. The summed E-state index contributed by atoms with van der Waals surface area (Å²) in [6.45, 7) is 4.05. The quantitative estimate of drug-likeness (QED) is 0.790. The normalized spacial score (nSPS) is 21.4. The highest BCUT2D eigenvalue weighted by Crippen LogP contribution is 2.57. The maximum atomic E-state index is 13.5. The number of aliphatic hydroxyl groups excluding tert-OH is 1. The van der Waals surface area contributed by atoms with Gasteiger partial charge in [-0.3, -0.25) is 0 Å². The van der Waals surface area contributed by atoms with Gasteiger partial charge in [0.1, 0.15) is 5.75 Å². The zero-order valence-electron chi connectivity index (χ0n) is 11.6. The molecule has 7 heteroatoms. The van der Waals surface area contributed by atoms with Crippen LogP contribution in [0.1, 0.15) is 43.9 Å². The van der Waals surface area contributed by atoms with Gasteiger partial charge in [0.05, 0.1) is 12.2 Å². The van der Waals surface area contributed by atoms with Gasteiger partial charge in [0.2, 0.25) is 0 Å². The predicted octanol–water partition coefficient (Wildman–Crippen LogP) is 4.78. The Morgan fingerprint density at radius 3 is 2.62 bits per heavy atom. The van der Waals surface area contributed by atoms with Crippen molar-refractivity contribution in [1.82, 2.24) is 0 Å². The Bertz CT molecular complexity index is 522. The van der Waals surface area contributed by atoms with Crippen molar-refractivity contribution in [2.45, 2.75) is 42.9 Å². The van der Waals surface area contributed by atoms with Crippen LogP contribution in [-0.4, -0.2) is 17.0 Å². The molecular weight excluding hydrogens is 308 g/mol. The molecule has 0 saturated heterocycles. The summed E-state index contributed by atoms with van der Waals surface area (Å²) >= 11 is 0.0984. The predicted molar refractivity (Wildman–Crippen MR) is 72.1 cm³/mol. The molecule has 1 aliphatic rings. The Morgan fingerprint density at radius 2 is 2.05 bits per heavy atom. The number of hydrogen-bond donors (Lipinski definition) is 1. The van der Waals surface area contributed by atoms with Gasteiger partial charge in [0.15, 0.2) is 6.10 Å². The molecule has 2 unspecified atom stereocenters. The summed E-state index contributed by atoms with van der Waals surface area (Å²) in [6.07, 6.45) is -4.42. The van der Waals surface area contributed by atoms with Crippen molar-refractivity contribution in [1.29, 1.82) is 0 Å². The lowest BCUT2D eigenvalue weighted by Gasteiger charge is -2.18. The molecule has 21 heavy (non-hydrogen) atoms. The minimum absolute atomic E-state index is 0.0290. The lowest BCUT2D eigenvalue weighted by atomic mass is 10.0. The molecule has 1 aromatic carbocycles. The third-order valence-electron chi connectivity index (χ3n) is 3.48. The molecule has 1 heterocycles. The first-order valence-electron chi connectivity index (χ1n) is 6.60. The fraction of sp³-hybridized carbons (Fsp3) is 0.571. The molecule has 1 aliphatic heterocycles. The first kappa shape index (κ1) is 16.4. The van der Waals surface area contributed by atoms with Crippen LogP contribution in [0.15, 0.2) is 17.0 Å². The third kappa shape index (κ3) is 3.13. The molecule has 0 bridgehead atoms. The minimum atomic E-state index is -3.50. The van der Waals surface area contributed by atoms with E-state index >= 15 is 0 Å². The fourth-order valence-electron chi connectivity index (χ4n) is 2.04. The van der Waals surface area contributed by atoms with E-state index in [0.717, 1.165) is 6.42 Å². The van der Waals surface area contributed by atoms with Gasteiger partial charge in [0.25, 0.3) is 6.43 Å². The smallest absolute Gasteiger partial charge is 0.327 e. The summed E-state index contributed by atoms with van der Waals surface area (Å²) in [5.74, 6) is 0.0194. The number of aliphatic hydroxyl groups is 1. The molecule has 0 radical (unpaired) electrons. The topological polar surface area (TPSA) is 29.5 Å². The van der Waals surface area contributed by atoms with E-state index in [1.54, 1.807) is 0 Å². The second kappa shape index (κ2) is 6.04. The standard InChI is InChI=1S/C14H16F4O2S/c1-3-7(2)6-20-8-4-5-9-11(10(8)13(15)16)12(19)14(17,18)21-9/h4-5,7,12-13,19H,3,6H2,1-2H3. The van der Waals surface area contributed by atoms with E-state index in [4.69, 9.17) is 4.74 Å². The van der Waals surface area contributed by atoms with E-state index in [1.807, 2.05) is 13.8 Å². The number of fused-ring (bicyclic) bond motifs is 1.